The molecule has 0 aliphatic carbocycles. The molecule has 0 amide bonds. The van der Waals surface area contributed by atoms with E-state index in [4.69, 9.17) is 11.6 Å². The van der Waals surface area contributed by atoms with Gasteiger partial charge in [0, 0.05) is 4.88 Å². The Morgan fingerprint density at radius 1 is 1.10 bits per heavy atom. The van der Waals surface area contributed by atoms with E-state index in [1.165, 1.54) is 4.88 Å². The van der Waals surface area contributed by atoms with Gasteiger partial charge in [0.15, 0.2) is 5.82 Å². The standard InChI is InChI=1S/C13H14ClN5S/c1-6-7(2)20-13-11(6)12(14)16-10(17-13)5-19-9(4)15-8(3)18-19/h5H2,1-4H3. The molecule has 0 aromatic carbocycles. The van der Waals surface area contributed by atoms with Crippen LogP contribution in [0.25, 0.3) is 10.2 Å². The second kappa shape index (κ2) is 4.79. The van der Waals surface area contributed by atoms with Gasteiger partial charge in [0.1, 0.15) is 28.2 Å². The lowest BCUT2D eigenvalue weighted by Crippen LogP contribution is -2.08. The van der Waals surface area contributed by atoms with Gasteiger partial charge in [0.2, 0.25) is 0 Å². The highest BCUT2D eigenvalue weighted by atomic mass is 35.5. The quantitative estimate of drug-likeness (QED) is 0.682. The maximum absolute atomic E-state index is 6.30. The number of aryl methyl sites for hydroxylation is 4. The summed E-state index contributed by atoms with van der Waals surface area (Å²) in [5.74, 6) is 2.26. The zero-order chi connectivity index (χ0) is 14.4. The summed E-state index contributed by atoms with van der Waals surface area (Å²) in [4.78, 5) is 15.4. The van der Waals surface area contributed by atoms with Gasteiger partial charge in [-0.05, 0) is 33.3 Å². The third-order valence-electron chi connectivity index (χ3n) is 3.28. The number of thiophene rings is 1. The minimum atomic E-state index is 0.484. The van der Waals surface area contributed by atoms with E-state index in [-0.39, 0.29) is 0 Å². The Kier molecular flexibility index (Phi) is 3.22. The molecule has 3 aromatic rings. The molecule has 0 aliphatic heterocycles. The van der Waals surface area contributed by atoms with Crippen molar-refractivity contribution in [1.82, 2.24) is 24.7 Å². The van der Waals surface area contributed by atoms with Gasteiger partial charge >= 0.3 is 0 Å². The largest absolute Gasteiger partial charge is 0.242 e. The van der Waals surface area contributed by atoms with Gasteiger partial charge in [-0.3, -0.25) is 0 Å². The first kappa shape index (κ1) is 13.5. The molecule has 0 radical (unpaired) electrons. The molecule has 3 aromatic heterocycles. The van der Waals surface area contributed by atoms with Crippen LogP contribution >= 0.6 is 22.9 Å². The molecule has 104 valence electrons. The first-order valence-corrected chi connectivity index (χ1v) is 7.45. The van der Waals surface area contributed by atoms with Crippen LogP contribution in [0.1, 0.15) is 27.9 Å². The van der Waals surface area contributed by atoms with Gasteiger partial charge in [0.25, 0.3) is 0 Å². The number of halogens is 1. The molecule has 0 fully saturated rings. The van der Waals surface area contributed by atoms with Crippen LogP contribution in [0.15, 0.2) is 0 Å². The van der Waals surface area contributed by atoms with Crippen molar-refractivity contribution in [2.24, 2.45) is 0 Å². The van der Waals surface area contributed by atoms with Crippen molar-refractivity contribution in [3.8, 4) is 0 Å². The molecule has 0 saturated carbocycles. The highest BCUT2D eigenvalue weighted by Crippen LogP contribution is 2.32. The van der Waals surface area contributed by atoms with E-state index < -0.39 is 0 Å². The summed E-state index contributed by atoms with van der Waals surface area (Å²) >= 11 is 7.95. The minimum Gasteiger partial charge on any atom is -0.242 e. The zero-order valence-corrected chi connectivity index (χ0v) is 13.3. The molecule has 5 nitrogen and oxygen atoms in total. The van der Waals surface area contributed by atoms with Gasteiger partial charge in [-0.15, -0.1) is 11.3 Å². The summed E-state index contributed by atoms with van der Waals surface area (Å²) in [7, 11) is 0. The average molecular weight is 308 g/mol. The first-order valence-electron chi connectivity index (χ1n) is 6.26. The first-order chi connectivity index (χ1) is 9.45. The predicted octanol–water partition coefficient (Wildman–Crippen LogP) is 3.22. The molecule has 0 saturated heterocycles. The molecule has 20 heavy (non-hydrogen) atoms. The van der Waals surface area contributed by atoms with Crippen LogP contribution in [-0.4, -0.2) is 24.7 Å². The maximum Gasteiger partial charge on any atom is 0.153 e. The Morgan fingerprint density at radius 2 is 1.85 bits per heavy atom. The van der Waals surface area contributed by atoms with Crippen molar-refractivity contribution in [1.29, 1.82) is 0 Å². The van der Waals surface area contributed by atoms with E-state index in [1.807, 2.05) is 20.8 Å². The van der Waals surface area contributed by atoms with Crippen molar-refractivity contribution in [3.63, 3.8) is 0 Å². The van der Waals surface area contributed by atoms with E-state index in [0.717, 1.165) is 27.4 Å². The van der Waals surface area contributed by atoms with Crippen LogP contribution < -0.4 is 0 Å². The van der Waals surface area contributed by atoms with Crippen LogP contribution in [0.5, 0.6) is 0 Å². The van der Waals surface area contributed by atoms with Crippen LogP contribution in [0.4, 0.5) is 0 Å². The number of hydrogen-bond donors (Lipinski definition) is 0. The van der Waals surface area contributed by atoms with Crippen LogP contribution in [0.3, 0.4) is 0 Å². The number of hydrogen-bond acceptors (Lipinski definition) is 5. The van der Waals surface area contributed by atoms with Crippen molar-refractivity contribution >= 4 is 33.2 Å². The van der Waals surface area contributed by atoms with Gasteiger partial charge < -0.3 is 0 Å². The lowest BCUT2D eigenvalue weighted by atomic mass is 10.2. The normalized spacial score (nSPS) is 11.4. The van der Waals surface area contributed by atoms with Crippen LogP contribution in [0, 0.1) is 27.7 Å². The second-order valence-electron chi connectivity index (χ2n) is 4.76. The van der Waals surface area contributed by atoms with E-state index in [0.29, 0.717) is 17.5 Å². The van der Waals surface area contributed by atoms with Gasteiger partial charge in [-0.2, -0.15) is 5.10 Å². The third kappa shape index (κ3) is 2.19. The van der Waals surface area contributed by atoms with Gasteiger partial charge in [-0.25, -0.2) is 19.6 Å². The van der Waals surface area contributed by atoms with Gasteiger partial charge in [0.05, 0.1) is 5.39 Å². The van der Waals surface area contributed by atoms with Crippen molar-refractivity contribution in [2.75, 3.05) is 0 Å². The fourth-order valence-corrected chi connectivity index (χ4v) is 3.59. The van der Waals surface area contributed by atoms with E-state index >= 15 is 0 Å². The zero-order valence-electron chi connectivity index (χ0n) is 11.7. The Balaban J connectivity index is 2.07. The summed E-state index contributed by atoms with van der Waals surface area (Å²) in [6.45, 7) is 8.39. The number of nitrogens with zero attached hydrogens (tertiary/aromatic N) is 5. The maximum atomic E-state index is 6.30. The molecular weight excluding hydrogens is 294 g/mol. The highest BCUT2D eigenvalue weighted by molar-refractivity contribution is 7.18. The Labute approximate surface area is 125 Å². The molecule has 0 atom stereocenters. The fourth-order valence-electron chi connectivity index (χ4n) is 2.16. The summed E-state index contributed by atoms with van der Waals surface area (Å²) in [5, 5.41) is 5.80. The second-order valence-corrected chi connectivity index (χ2v) is 6.32. The summed E-state index contributed by atoms with van der Waals surface area (Å²) in [5.41, 5.74) is 1.16. The minimum absolute atomic E-state index is 0.484. The Morgan fingerprint density at radius 3 is 2.50 bits per heavy atom. The number of rotatable bonds is 2. The predicted molar refractivity (Wildman–Crippen MR) is 80.5 cm³/mol. The van der Waals surface area contributed by atoms with Crippen LogP contribution in [-0.2, 0) is 6.54 Å². The summed E-state index contributed by atoms with van der Waals surface area (Å²) in [6, 6.07) is 0. The van der Waals surface area contributed by atoms with E-state index in [9.17, 15) is 0 Å². The van der Waals surface area contributed by atoms with E-state index in [2.05, 4.69) is 27.0 Å². The Bertz CT molecular complexity index is 805. The number of aromatic nitrogens is 5. The lowest BCUT2D eigenvalue weighted by molar-refractivity contribution is 0.632. The molecule has 0 unspecified atom stereocenters. The highest BCUT2D eigenvalue weighted by Gasteiger charge is 2.14. The molecule has 0 N–H and O–H groups in total. The molecule has 3 heterocycles. The lowest BCUT2D eigenvalue weighted by Gasteiger charge is -2.03. The molecule has 0 aliphatic rings. The van der Waals surface area contributed by atoms with E-state index in [1.54, 1.807) is 16.0 Å². The monoisotopic (exact) mass is 307 g/mol. The number of fused-ring (bicyclic) bond motifs is 1. The van der Waals surface area contributed by atoms with Crippen LogP contribution in [0.2, 0.25) is 5.15 Å². The fraction of sp³-hybridized carbons (Fsp3) is 0.385. The van der Waals surface area contributed by atoms with Crippen molar-refractivity contribution < 1.29 is 0 Å². The van der Waals surface area contributed by atoms with Crippen molar-refractivity contribution in [3.05, 3.63) is 33.1 Å². The molecule has 0 spiro atoms. The average Bonchev–Trinajstić information content (AvgIpc) is 2.80. The van der Waals surface area contributed by atoms with Crippen molar-refractivity contribution in [2.45, 2.75) is 34.2 Å². The summed E-state index contributed by atoms with van der Waals surface area (Å²) in [6.07, 6.45) is 0. The summed E-state index contributed by atoms with van der Waals surface area (Å²) < 4.78 is 1.79. The molecule has 3 rings (SSSR count). The smallest absolute Gasteiger partial charge is 0.153 e. The molecule has 7 heteroatoms. The molecule has 0 bridgehead atoms. The third-order valence-corrected chi connectivity index (χ3v) is 4.66. The topological polar surface area (TPSA) is 56.5 Å². The SMILES string of the molecule is Cc1nc(C)n(Cc2nc(Cl)c3c(C)c(C)sc3n2)n1. The molecular formula is C13H14ClN5S. The Hall–Kier alpha value is -1.53. The van der Waals surface area contributed by atoms with Gasteiger partial charge in [-0.1, -0.05) is 11.6 Å².